The molecule has 0 bridgehead atoms. The molecule has 1 aliphatic rings. The van der Waals surface area contributed by atoms with Gasteiger partial charge in [0.25, 0.3) is 5.56 Å². The van der Waals surface area contributed by atoms with E-state index >= 15 is 4.39 Å². The minimum absolute atomic E-state index is 0.00456. The molecule has 1 unspecified atom stereocenters. The third-order valence-electron chi connectivity index (χ3n) is 7.27. The molecule has 1 aliphatic carbocycles. The van der Waals surface area contributed by atoms with Gasteiger partial charge < -0.3 is 4.57 Å². The van der Waals surface area contributed by atoms with E-state index in [9.17, 15) is 4.79 Å². The first-order valence-electron chi connectivity index (χ1n) is 12.5. The van der Waals surface area contributed by atoms with E-state index in [4.69, 9.17) is 4.99 Å². The monoisotopic (exact) mass is 510 g/mol. The Morgan fingerprint density at radius 3 is 2.51 bits per heavy atom. The highest BCUT2D eigenvalue weighted by molar-refractivity contribution is 7.07. The molecule has 0 saturated carbocycles. The molecule has 2 aromatic heterocycles. The average molecular weight is 511 g/mol. The fraction of sp³-hybridized carbons (Fsp3) is 0.200. The van der Waals surface area contributed by atoms with Crippen LogP contribution in [-0.2, 0) is 13.5 Å². The van der Waals surface area contributed by atoms with Crippen molar-refractivity contribution in [3.05, 3.63) is 122 Å². The van der Waals surface area contributed by atoms with Crippen molar-refractivity contribution in [2.75, 3.05) is 0 Å². The van der Waals surface area contributed by atoms with Gasteiger partial charge in [-0.15, -0.1) is 11.3 Å². The minimum Gasteiger partial charge on any atom is -0.309 e. The zero-order valence-electron chi connectivity index (χ0n) is 20.8. The van der Waals surface area contributed by atoms with E-state index in [1.54, 1.807) is 10.7 Å². The predicted molar refractivity (Wildman–Crippen MR) is 146 cm³/mol. The fourth-order valence-corrected chi connectivity index (χ4v) is 6.28. The maximum Gasteiger partial charge on any atom is 0.297 e. The van der Waals surface area contributed by atoms with Gasteiger partial charge in [0.05, 0.1) is 23.1 Å². The smallest absolute Gasteiger partial charge is 0.297 e. The predicted octanol–water partition coefficient (Wildman–Crippen LogP) is 6.31. The van der Waals surface area contributed by atoms with Crippen molar-refractivity contribution in [2.45, 2.75) is 32.2 Å². The van der Waals surface area contributed by atoms with Gasteiger partial charge in [-0.1, -0.05) is 54.6 Å². The summed E-state index contributed by atoms with van der Waals surface area (Å²) in [5.74, 6) is -0.271. The number of aryl methyl sites for hydroxylation is 1. The van der Waals surface area contributed by atoms with Crippen molar-refractivity contribution in [1.82, 2.24) is 13.9 Å². The van der Waals surface area contributed by atoms with Crippen LogP contribution in [0.3, 0.4) is 0 Å². The Balaban J connectivity index is 1.61. The van der Waals surface area contributed by atoms with Gasteiger partial charge in [-0.2, -0.15) is 0 Å². The molecule has 186 valence electrons. The van der Waals surface area contributed by atoms with Crippen LogP contribution in [-0.4, -0.2) is 13.9 Å². The normalized spacial score (nSPS) is 15.6. The van der Waals surface area contributed by atoms with E-state index in [1.807, 2.05) is 66.5 Å². The van der Waals surface area contributed by atoms with Gasteiger partial charge in [0.15, 0.2) is 10.5 Å². The molecule has 0 N–H and O–H groups in total. The number of hydrogen-bond donors (Lipinski definition) is 0. The number of nitrogens with zero attached hydrogens (tertiary/aromatic N) is 4. The first-order valence-corrected chi connectivity index (χ1v) is 13.3. The van der Waals surface area contributed by atoms with Gasteiger partial charge in [-0.3, -0.25) is 9.48 Å². The van der Waals surface area contributed by atoms with Gasteiger partial charge in [-0.05, 0) is 61.6 Å². The van der Waals surface area contributed by atoms with Crippen molar-refractivity contribution in [3.8, 4) is 16.9 Å². The molecule has 1 atom stereocenters. The molecule has 3 aromatic carbocycles. The number of aromatic nitrogens is 3. The van der Waals surface area contributed by atoms with Crippen molar-refractivity contribution < 1.29 is 4.39 Å². The Morgan fingerprint density at radius 1 is 0.973 bits per heavy atom. The first-order chi connectivity index (χ1) is 18.0. The molecular formula is C30H27FN4OS. The summed E-state index contributed by atoms with van der Waals surface area (Å²) in [6.45, 7) is 1.91. The SMILES string of the molecule is Cc1c(N=c2scc(-c3ccccc3F)n2C2CCCc3ccccc32)c(=O)n(-c2ccccc2)n1C. The summed E-state index contributed by atoms with van der Waals surface area (Å²) in [6, 6.07) is 24.9. The quantitative estimate of drug-likeness (QED) is 0.279. The van der Waals surface area contributed by atoms with E-state index in [0.717, 1.165) is 36.3 Å². The average Bonchev–Trinajstić information content (AvgIpc) is 3.43. The lowest BCUT2D eigenvalue weighted by molar-refractivity contribution is 0.484. The molecule has 6 rings (SSSR count). The van der Waals surface area contributed by atoms with Crippen LogP contribution in [0.15, 0.2) is 94.0 Å². The number of thiazole rings is 1. The summed E-state index contributed by atoms with van der Waals surface area (Å²) < 4.78 is 20.6. The Labute approximate surface area is 218 Å². The van der Waals surface area contributed by atoms with Crippen molar-refractivity contribution >= 4 is 17.0 Å². The van der Waals surface area contributed by atoms with Crippen molar-refractivity contribution in [2.24, 2.45) is 12.0 Å². The standard InChI is InChI=1S/C30H27FN4OS/c1-20-28(29(36)35(33(20)2)22-13-4-3-5-14-22)32-30-34(26-18-10-12-21-11-6-7-15-23(21)26)27(19-37-30)24-16-8-9-17-25(24)31/h3-9,11,13-17,19,26H,10,12,18H2,1-2H3. The van der Waals surface area contributed by atoms with Crippen molar-refractivity contribution in [3.63, 3.8) is 0 Å². The molecule has 0 saturated heterocycles. The van der Waals surface area contributed by atoms with Gasteiger partial charge in [0, 0.05) is 18.0 Å². The van der Waals surface area contributed by atoms with Gasteiger partial charge in [-0.25, -0.2) is 14.1 Å². The molecule has 7 heteroatoms. The number of fused-ring (bicyclic) bond motifs is 1. The first kappa shape index (κ1) is 23.4. The van der Waals surface area contributed by atoms with Crippen LogP contribution in [0, 0.1) is 12.7 Å². The Morgan fingerprint density at radius 2 is 1.70 bits per heavy atom. The summed E-state index contributed by atoms with van der Waals surface area (Å²) in [6.07, 6.45) is 2.98. The summed E-state index contributed by atoms with van der Waals surface area (Å²) in [5.41, 5.74) is 5.63. The second-order valence-corrected chi connectivity index (χ2v) is 10.2. The minimum atomic E-state index is -0.271. The summed E-state index contributed by atoms with van der Waals surface area (Å²) in [7, 11) is 1.87. The molecule has 5 aromatic rings. The zero-order chi connectivity index (χ0) is 25.5. The maximum atomic E-state index is 15.0. The number of benzene rings is 3. The van der Waals surface area contributed by atoms with Gasteiger partial charge in [0.1, 0.15) is 5.82 Å². The molecule has 0 aliphatic heterocycles. The lowest BCUT2D eigenvalue weighted by Crippen LogP contribution is -2.26. The van der Waals surface area contributed by atoms with Gasteiger partial charge >= 0.3 is 0 Å². The summed E-state index contributed by atoms with van der Waals surface area (Å²) in [4.78, 5) is 19.3. The van der Waals surface area contributed by atoms with E-state index in [2.05, 4.69) is 28.8 Å². The molecule has 0 radical (unpaired) electrons. The van der Waals surface area contributed by atoms with Crippen LogP contribution in [0.2, 0.25) is 0 Å². The Hall–Kier alpha value is -3.97. The van der Waals surface area contributed by atoms with Crippen molar-refractivity contribution in [1.29, 1.82) is 0 Å². The van der Waals surface area contributed by atoms with Gasteiger partial charge in [0.2, 0.25) is 0 Å². The second-order valence-electron chi connectivity index (χ2n) is 9.38. The Bertz CT molecular complexity index is 1720. The lowest BCUT2D eigenvalue weighted by Gasteiger charge is -2.28. The fourth-order valence-electron chi connectivity index (χ4n) is 5.34. The van der Waals surface area contributed by atoms with E-state index in [-0.39, 0.29) is 17.4 Å². The molecule has 37 heavy (non-hydrogen) atoms. The number of rotatable bonds is 4. The van der Waals surface area contributed by atoms with Crippen LogP contribution >= 0.6 is 11.3 Å². The van der Waals surface area contributed by atoms with Crippen LogP contribution in [0.4, 0.5) is 10.1 Å². The van der Waals surface area contributed by atoms with E-state index in [0.29, 0.717) is 16.1 Å². The van der Waals surface area contributed by atoms with Crippen LogP contribution in [0.1, 0.15) is 35.7 Å². The van der Waals surface area contributed by atoms with Crippen LogP contribution < -0.4 is 10.4 Å². The van der Waals surface area contributed by atoms with Crippen LogP contribution in [0.25, 0.3) is 16.9 Å². The largest absolute Gasteiger partial charge is 0.309 e. The van der Waals surface area contributed by atoms with Crippen LogP contribution in [0.5, 0.6) is 0 Å². The summed E-state index contributed by atoms with van der Waals surface area (Å²) >= 11 is 1.44. The zero-order valence-corrected chi connectivity index (χ0v) is 21.6. The molecule has 0 amide bonds. The maximum absolute atomic E-state index is 15.0. The Kier molecular flexibility index (Phi) is 6.00. The number of para-hydroxylation sites is 1. The highest BCUT2D eigenvalue weighted by Gasteiger charge is 2.26. The molecule has 0 fully saturated rings. The number of hydrogen-bond acceptors (Lipinski definition) is 3. The highest BCUT2D eigenvalue weighted by Crippen LogP contribution is 2.36. The third-order valence-corrected chi connectivity index (χ3v) is 8.11. The van der Waals surface area contributed by atoms with E-state index in [1.165, 1.54) is 28.5 Å². The van der Waals surface area contributed by atoms with E-state index < -0.39 is 0 Å². The third kappa shape index (κ3) is 4.00. The highest BCUT2D eigenvalue weighted by atomic mass is 32.1. The summed E-state index contributed by atoms with van der Waals surface area (Å²) in [5, 5.41) is 1.96. The topological polar surface area (TPSA) is 44.2 Å². The molecule has 5 nitrogen and oxygen atoms in total. The number of halogens is 1. The molecule has 0 spiro atoms. The molecular weight excluding hydrogens is 483 g/mol. The molecule has 2 heterocycles. The lowest BCUT2D eigenvalue weighted by atomic mass is 9.87. The second kappa shape index (κ2) is 9.48.